The fourth-order valence-corrected chi connectivity index (χ4v) is 3.54. The van der Waals surface area contributed by atoms with E-state index in [0.717, 1.165) is 12.2 Å². The molecular formula is C12H20N2O4S. The van der Waals surface area contributed by atoms with Gasteiger partial charge in [-0.1, -0.05) is 6.92 Å². The normalized spacial score (nSPS) is 28.3. The number of morpholine rings is 1. The maximum atomic E-state index is 12.5. The average molecular weight is 288 g/mol. The van der Waals surface area contributed by atoms with E-state index in [-0.39, 0.29) is 12.6 Å². The van der Waals surface area contributed by atoms with Gasteiger partial charge in [-0.3, -0.25) is 0 Å². The highest BCUT2D eigenvalue weighted by molar-refractivity contribution is 8.00. The molecule has 2 aliphatic heterocycles. The first-order valence-electron chi connectivity index (χ1n) is 6.61. The number of amides is 2. The molecule has 19 heavy (non-hydrogen) atoms. The highest BCUT2D eigenvalue weighted by Crippen LogP contribution is 2.22. The number of carbonyl (C=O) groups excluding carboxylic acids is 1. The lowest BCUT2D eigenvalue weighted by Gasteiger charge is -2.39. The Morgan fingerprint density at radius 1 is 1.42 bits per heavy atom. The molecule has 7 heteroatoms. The second-order valence-electron chi connectivity index (χ2n) is 4.75. The fraction of sp³-hybridized carbons (Fsp3) is 0.833. The Bertz CT molecular complexity index is 353. The van der Waals surface area contributed by atoms with Crippen molar-refractivity contribution in [3.05, 3.63) is 0 Å². The van der Waals surface area contributed by atoms with Crippen molar-refractivity contribution < 1.29 is 19.4 Å². The predicted octanol–water partition coefficient (Wildman–Crippen LogP) is 0.719. The summed E-state index contributed by atoms with van der Waals surface area (Å²) in [6, 6.07) is -1.01. The number of carboxylic acids is 1. The molecule has 2 unspecified atom stereocenters. The molecule has 0 aromatic carbocycles. The molecule has 0 aliphatic carbocycles. The van der Waals surface area contributed by atoms with Crippen LogP contribution in [0.3, 0.4) is 0 Å². The highest BCUT2D eigenvalue weighted by atomic mass is 32.2. The molecule has 2 amide bonds. The van der Waals surface area contributed by atoms with Crippen LogP contribution in [-0.2, 0) is 9.53 Å². The smallest absolute Gasteiger partial charge is 0.328 e. The van der Waals surface area contributed by atoms with Crippen LogP contribution in [0.4, 0.5) is 4.79 Å². The van der Waals surface area contributed by atoms with Gasteiger partial charge in [0.25, 0.3) is 0 Å². The first-order valence-corrected chi connectivity index (χ1v) is 7.66. The van der Waals surface area contributed by atoms with Crippen LogP contribution < -0.4 is 0 Å². The number of ether oxygens (including phenoxy) is 1. The third-order valence-electron chi connectivity index (χ3n) is 3.52. The van der Waals surface area contributed by atoms with Gasteiger partial charge in [0, 0.05) is 30.6 Å². The van der Waals surface area contributed by atoms with Crippen LogP contribution >= 0.6 is 11.8 Å². The molecule has 2 fully saturated rings. The minimum atomic E-state index is -0.994. The monoisotopic (exact) mass is 288 g/mol. The highest BCUT2D eigenvalue weighted by Gasteiger charge is 2.36. The van der Waals surface area contributed by atoms with Crippen molar-refractivity contribution in [2.75, 3.05) is 38.6 Å². The number of carboxylic acid groups (broad SMARTS) is 1. The Morgan fingerprint density at radius 2 is 2.21 bits per heavy atom. The summed E-state index contributed by atoms with van der Waals surface area (Å²) in [6.45, 7) is 4.38. The fourth-order valence-electron chi connectivity index (χ4n) is 2.36. The summed E-state index contributed by atoms with van der Waals surface area (Å²) in [4.78, 5) is 26.9. The zero-order chi connectivity index (χ0) is 13.8. The van der Waals surface area contributed by atoms with Crippen molar-refractivity contribution in [2.45, 2.75) is 24.6 Å². The van der Waals surface area contributed by atoms with Crippen LogP contribution in [0.2, 0.25) is 0 Å². The Hall–Kier alpha value is -0.950. The van der Waals surface area contributed by atoms with E-state index in [1.807, 2.05) is 11.8 Å². The molecule has 0 spiro atoms. The molecule has 2 saturated heterocycles. The maximum absolute atomic E-state index is 12.5. The largest absolute Gasteiger partial charge is 0.480 e. The lowest BCUT2D eigenvalue weighted by molar-refractivity contribution is -0.147. The van der Waals surface area contributed by atoms with Gasteiger partial charge in [0.15, 0.2) is 6.04 Å². The van der Waals surface area contributed by atoms with Gasteiger partial charge in [-0.15, -0.1) is 0 Å². The standard InChI is InChI=1S/C12H20N2O4S/c1-2-9-7-13(4-6-19-9)12(17)14-3-5-18-8-10(14)11(15)16/h9-10H,2-8H2,1H3,(H,15,16). The molecule has 0 radical (unpaired) electrons. The van der Waals surface area contributed by atoms with Gasteiger partial charge in [0.1, 0.15) is 0 Å². The third kappa shape index (κ3) is 3.33. The van der Waals surface area contributed by atoms with E-state index in [9.17, 15) is 9.59 Å². The summed E-state index contributed by atoms with van der Waals surface area (Å²) in [6.07, 6.45) is 1.03. The quantitative estimate of drug-likeness (QED) is 0.811. The molecule has 1 N–H and O–H groups in total. The van der Waals surface area contributed by atoms with E-state index in [4.69, 9.17) is 9.84 Å². The minimum Gasteiger partial charge on any atom is -0.480 e. The van der Waals surface area contributed by atoms with Gasteiger partial charge in [-0.25, -0.2) is 9.59 Å². The third-order valence-corrected chi connectivity index (χ3v) is 4.90. The van der Waals surface area contributed by atoms with Crippen molar-refractivity contribution in [1.29, 1.82) is 0 Å². The molecule has 2 rings (SSSR count). The molecular weight excluding hydrogens is 268 g/mol. The Balaban J connectivity index is 2.02. The number of rotatable bonds is 2. The van der Waals surface area contributed by atoms with Gasteiger partial charge in [0.05, 0.1) is 13.2 Å². The van der Waals surface area contributed by atoms with Crippen LogP contribution in [0.5, 0.6) is 0 Å². The zero-order valence-corrected chi connectivity index (χ0v) is 11.9. The first kappa shape index (κ1) is 14.5. The summed E-state index contributed by atoms with van der Waals surface area (Å²) in [7, 11) is 0. The van der Waals surface area contributed by atoms with E-state index >= 15 is 0 Å². The number of hydrogen-bond acceptors (Lipinski definition) is 4. The van der Waals surface area contributed by atoms with Gasteiger partial charge in [-0.2, -0.15) is 11.8 Å². The van der Waals surface area contributed by atoms with Crippen molar-refractivity contribution in [3.63, 3.8) is 0 Å². The molecule has 2 heterocycles. The first-order chi connectivity index (χ1) is 9.13. The minimum absolute atomic E-state index is 0.0842. The van der Waals surface area contributed by atoms with E-state index in [1.165, 1.54) is 4.90 Å². The van der Waals surface area contributed by atoms with Crippen LogP contribution in [-0.4, -0.2) is 76.8 Å². The number of thioether (sulfide) groups is 1. The van der Waals surface area contributed by atoms with E-state index < -0.39 is 12.0 Å². The summed E-state index contributed by atoms with van der Waals surface area (Å²) < 4.78 is 5.16. The van der Waals surface area contributed by atoms with Gasteiger partial charge < -0.3 is 19.6 Å². The Morgan fingerprint density at radius 3 is 2.89 bits per heavy atom. The van der Waals surface area contributed by atoms with Gasteiger partial charge >= 0.3 is 12.0 Å². The van der Waals surface area contributed by atoms with E-state index in [0.29, 0.717) is 31.5 Å². The van der Waals surface area contributed by atoms with Crippen LogP contribution in [0.25, 0.3) is 0 Å². The Labute approximate surface area is 117 Å². The van der Waals surface area contributed by atoms with Crippen LogP contribution in [0.1, 0.15) is 13.3 Å². The molecule has 0 saturated carbocycles. The number of hydrogen-bond donors (Lipinski definition) is 1. The number of carbonyl (C=O) groups is 2. The number of aliphatic carboxylic acids is 1. The molecule has 2 atom stereocenters. The lowest BCUT2D eigenvalue weighted by Crippen LogP contribution is -2.58. The second kappa shape index (κ2) is 6.47. The molecule has 0 bridgehead atoms. The number of urea groups is 1. The average Bonchev–Trinajstić information content (AvgIpc) is 2.46. The van der Waals surface area contributed by atoms with Gasteiger partial charge in [0.2, 0.25) is 0 Å². The lowest BCUT2D eigenvalue weighted by atomic mass is 10.2. The topological polar surface area (TPSA) is 70.1 Å². The van der Waals surface area contributed by atoms with Gasteiger partial charge in [-0.05, 0) is 6.42 Å². The van der Waals surface area contributed by atoms with Crippen LogP contribution in [0.15, 0.2) is 0 Å². The number of nitrogens with zero attached hydrogens (tertiary/aromatic N) is 2. The summed E-state index contributed by atoms with van der Waals surface area (Å²) in [5.74, 6) is -0.0711. The molecule has 108 valence electrons. The Kier molecular flexibility index (Phi) is 4.93. The molecule has 0 aromatic rings. The van der Waals surface area contributed by atoms with Crippen molar-refractivity contribution >= 4 is 23.8 Å². The zero-order valence-electron chi connectivity index (χ0n) is 11.1. The molecule has 6 nitrogen and oxygen atoms in total. The van der Waals surface area contributed by atoms with Crippen LogP contribution in [0, 0.1) is 0 Å². The van der Waals surface area contributed by atoms with Crippen molar-refractivity contribution in [2.24, 2.45) is 0 Å². The van der Waals surface area contributed by atoms with Crippen molar-refractivity contribution in [3.8, 4) is 0 Å². The second-order valence-corrected chi connectivity index (χ2v) is 6.16. The summed E-state index contributed by atoms with van der Waals surface area (Å²) in [5.41, 5.74) is 0. The summed E-state index contributed by atoms with van der Waals surface area (Å²) in [5, 5.41) is 9.62. The SMILES string of the molecule is CCC1CN(C(=O)N2CCOCC2C(=O)O)CCS1. The molecule has 0 aromatic heterocycles. The maximum Gasteiger partial charge on any atom is 0.328 e. The van der Waals surface area contributed by atoms with Crippen molar-refractivity contribution in [1.82, 2.24) is 9.80 Å². The molecule has 2 aliphatic rings. The summed E-state index contributed by atoms with van der Waals surface area (Å²) >= 11 is 1.88. The predicted molar refractivity (Wildman–Crippen MR) is 72.5 cm³/mol. The van der Waals surface area contributed by atoms with E-state index in [2.05, 4.69) is 6.92 Å². The van der Waals surface area contributed by atoms with E-state index in [1.54, 1.807) is 4.90 Å².